The normalized spacial score (nSPS) is 11.3. The number of carbonyl (C=O) groups excluding carboxylic acids is 1. The van der Waals surface area contributed by atoms with Crippen LogP contribution in [0.3, 0.4) is 0 Å². The molecule has 0 unspecified atom stereocenters. The molecule has 114 valence electrons. The minimum atomic E-state index is -0.731. The maximum absolute atomic E-state index is 12.0. The summed E-state index contributed by atoms with van der Waals surface area (Å²) < 4.78 is 4.89. The number of nitrogens with zero attached hydrogens (tertiary/aromatic N) is 1. The van der Waals surface area contributed by atoms with Crippen molar-refractivity contribution in [2.75, 3.05) is 0 Å². The average Bonchev–Trinajstić information content (AvgIpc) is 2.44. The van der Waals surface area contributed by atoms with Crippen LogP contribution in [0.4, 0.5) is 0 Å². The van der Waals surface area contributed by atoms with Crippen molar-refractivity contribution in [3.63, 3.8) is 0 Å². The molecule has 0 spiro atoms. The Kier molecular flexibility index (Phi) is 4.62. The summed E-state index contributed by atoms with van der Waals surface area (Å²) >= 11 is 5.90. The predicted molar refractivity (Wildman–Crippen MR) is 82.5 cm³/mol. The van der Waals surface area contributed by atoms with Gasteiger partial charge in [0.2, 0.25) is 0 Å². The van der Waals surface area contributed by atoms with Crippen LogP contribution < -0.4 is 11.1 Å². The smallest absolute Gasteiger partial charge is 0.348 e. The van der Waals surface area contributed by atoms with Crippen LogP contribution in [0.1, 0.15) is 28.6 Å². The highest BCUT2D eigenvalue weighted by Crippen LogP contribution is 2.16. The van der Waals surface area contributed by atoms with Crippen molar-refractivity contribution < 1.29 is 14.3 Å². The molecule has 0 aliphatic heterocycles. The quantitative estimate of drug-likeness (QED) is 0.671. The third-order valence-electron chi connectivity index (χ3n) is 2.86. The number of benzene rings is 1. The van der Waals surface area contributed by atoms with Crippen LogP contribution in [0.25, 0.3) is 0 Å². The van der Waals surface area contributed by atoms with E-state index in [0.29, 0.717) is 0 Å². The van der Waals surface area contributed by atoms with E-state index in [2.05, 4.69) is 10.5 Å². The summed E-state index contributed by atoms with van der Waals surface area (Å²) in [7, 11) is 0. The highest BCUT2D eigenvalue weighted by atomic mass is 35.5. The summed E-state index contributed by atoms with van der Waals surface area (Å²) in [5, 5.41) is 13.9. The van der Waals surface area contributed by atoms with Gasteiger partial charge in [-0.15, -0.1) is 0 Å². The van der Waals surface area contributed by atoms with E-state index in [9.17, 15) is 14.7 Å². The summed E-state index contributed by atoms with van der Waals surface area (Å²) in [5.74, 6) is -0.512. The van der Waals surface area contributed by atoms with Crippen LogP contribution in [-0.2, 0) is 0 Å². The monoisotopic (exact) mass is 320 g/mol. The first-order valence-corrected chi connectivity index (χ1v) is 6.71. The molecule has 0 bridgehead atoms. The van der Waals surface area contributed by atoms with Crippen molar-refractivity contribution in [2.45, 2.75) is 13.8 Å². The molecule has 1 aromatic heterocycles. The number of aryl methyl sites for hydroxylation is 1. The Labute approximate surface area is 131 Å². The van der Waals surface area contributed by atoms with E-state index in [1.807, 2.05) is 0 Å². The first-order valence-electron chi connectivity index (χ1n) is 6.33. The van der Waals surface area contributed by atoms with Gasteiger partial charge >= 0.3 is 5.63 Å². The number of nitrogens with one attached hydrogen (secondary N) is 1. The summed E-state index contributed by atoms with van der Waals surface area (Å²) in [5.41, 5.74) is 1.81. The summed E-state index contributed by atoms with van der Waals surface area (Å²) in [6.07, 6.45) is 0. The molecule has 0 saturated heterocycles. The van der Waals surface area contributed by atoms with Crippen LogP contribution in [-0.4, -0.2) is 16.7 Å². The molecule has 1 aromatic carbocycles. The maximum atomic E-state index is 12.0. The van der Waals surface area contributed by atoms with Gasteiger partial charge in [-0.25, -0.2) is 10.2 Å². The number of rotatable bonds is 3. The number of hydrogen-bond donors (Lipinski definition) is 2. The van der Waals surface area contributed by atoms with Gasteiger partial charge in [0.05, 0.1) is 16.3 Å². The molecular formula is C15H13ClN2O4. The van der Waals surface area contributed by atoms with Crippen molar-refractivity contribution in [2.24, 2.45) is 5.10 Å². The molecule has 2 aromatic rings. The van der Waals surface area contributed by atoms with Gasteiger partial charge in [0.1, 0.15) is 17.1 Å². The van der Waals surface area contributed by atoms with Crippen molar-refractivity contribution in [3.8, 4) is 5.75 Å². The van der Waals surface area contributed by atoms with E-state index in [1.54, 1.807) is 24.3 Å². The standard InChI is InChI=1S/C15H13ClN2O4/c1-8-7-12(19)13(15(21)22-8)9(2)17-18-14(20)10-5-3-4-6-11(10)16/h3-7,19H,1-2H3,(H,18,20)/b17-9-. The Balaban J connectivity index is 2.26. The summed E-state index contributed by atoms with van der Waals surface area (Å²) in [4.78, 5) is 23.7. The SMILES string of the molecule is C/C(=N/NC(=O)c1ccccc1Cl)c1c(O)cc(C)oc1=O. The first kappa shape index (κ1) is 15.8. The fourth-order valence-corrected chi connectivity index (χ4v) is 2.05. The van der Waals surface area contributed by atoms with E-state index in [-0.39, 0.29) is 33.4 Å². The van der Waals surface area contributed by atoms with Gasteiger partial charge < -0.3 is 9.52 Å². The second kappa shape index (κ2) is 6.44. The maximum Gasteiger partial charge on any atom is 0.348 e. The first-order chi connectivity index (χ1) is 10.4. The van der Waals surface area contributed by atoms with Gasteiger partial charge in [-0.3, -0.25) is 4.79 Å². The fourth-order valence-electron chi connectivity index (χ4n) is 1.83. The molecule has 2 rings (SSSR count). The lowest BCUT2D eigenvalue weighted by Crippen LogP contribution is -2.22. The number of hydrazone groups is 1. The lowest BCUT2D eigenvalue weighted by atomic mass is 10.2. The summed E-state index contributed by atoms with van der Waals surface area (Å²) in [6.45, 7) is 3.00. The molecule has 0 radical (unpaired) electrons. The van der Waals surface area contributed by atoms with Crippen LogP contribution in [0.2, 0.25) is 5.02 Å². The minimum Gasteiger partial charge on any atom is -0.507 e. The lowest BCUT2D eigenvalue weighted by molar-refractivity contribution is 0.0955. The zero-order valence-electron chi connectivity index (χ0n) is 11.9. The topological polar surface area (TPSA) is 91.9 Å². The van der Waals surface area contributed by atoms with Crippen molar-refractivity contribution >= 4 is 23.2 Å². The van der Waals surface area contributed by atoms with Gasteiger partial charge in [0.25, 0.3) is 5.91 Å². The van der Waals surface area contributed by atoms with Crippen molar-refractivity contribution in [1.29, 1.82) is 0 Å². The Bertz CT molecular complexity index is 811. The number of carbonyl (C=O) groups is 1. The van der Waals surface area contributed by atoms with Gasteiger partial charge in [0, 0.05) is 6.07 Å². The Hall–Kier alpha value is -2.60. The minimum absolute atomic E-state index is 0.106. The van der Waals surface area contributed by atoms with Crippen molar-refractivity contribution in [1.82, 2.24) is 5.43 Å². The average molecular weight is 321 g/mol. The third kappa shape index (κ3) is 3.35. The molecule has 1 heterocycles. The molecule has 7 heteroatoms. The van der Waals surface area contributed by atoms with Crippen LogP contribution in [0.15, 0.2) is 44.6 Å². The number of halogens is 1. The molecule has 0 fully saturated rings. The second-order valence-corrected chi connectivity index (χ2v) is 4.93. The fraction of sp³-hybridized carbons (Fsp3) is 0.133. The Morgan fingerprint density at radius 1 is 1.36 bits per heavy atom. The van der Waals surface area contributed by atoms with E-state index >= 15 is 0 Å². The zero-order valence-corrected chi connectivity index (χ0v) is 12.6. The van der Waals surface area contributed by atoms with Crippen LogP contribution in [0.5, 0.6) is 5.75 Å². The van der Waals surface area contributed by atoms with Gasteiger partial charge in [-0.1, -0.05) is 23.7 Å². The van der Waals surface area contributed by atoms with E-state index < -0.39 is 11.5 Å². The highest BCUT2D eigenvalue weighted by molar-refractivity contribution is 6.33. The third-order valence-corrected chi connectivity index (χ3v) is 3.19. The zero-order chi connectivity index (χ0) is 16.3. The number of amides is 1. The van der Waals surface area contributed by atoms with Crippen molar-refractivity contribution in [3.05, 3.63) is 62.7 Å². The Morgan fingerprint density at radius 2 is 2.05 bits per heavy atom. The molecule has 1 amide bonds. The largest absolute Gasteiger partial charge is 0.507 e. The van der Waals surface area contributed by atoms with Crippen LogP contribution >= 0.6 is 11.6 Å². The number of hydrogen-bond acceptors (Lipinski definition) is 5. The molecule has 22 heavy (non-hydrogen) atoms. The molecule has 0 aliphatic rings. The second-order valence-electron chi connectivity index (χ2n) is 4.52. The van der Waals surface area contributed by atoms with E-state index in [1.165, 1.54) is 19.9 Å². The highest BCUT2D eigenvalue weighted by Gasteiger charge is 2.14. The molecule has 0 atom stereocenters. The Morgan fingerprint density at radius 3 is 2.68 bits per heavy atom. The predicted octanol–water partition coefficient (Wildman–Crippen LogP) is 2.46. The molecule has 0 saturated carbocycles. The van der Waals surface area contributed by atoms with Gasteiger partial charge in [-0.2, -0.15) is 5.10 Å². The molecular weight excluding hydrogens is 308 g/mol. The van der Waals surface area contributed by atoms with Crippen LogP contribution in [0, 0.1) is 6.92 Å². The molecule has 2 N–H and O–H groups in total. The van der Waals surface area contributed by atoms with E-state index in [4.69, 9.17) is 16.0 Å². The van der Waals surface area contributed by atoms with Gasteiger partial charge in [0.15, 0.2) is 0 Å². The molecule has 6 nitrogen and oxygen atoms in total. The summed E-state index contributed by atoms with van der Waals surface area (Å²) in [6, 6.07) is 7.78. The van der Waals surface area contributed by atoms with Gasteiger partial charge in [-0.05, 0) is 26.0 Å². The lowest BCUT2D eigenvalue weighted by Gasteiger charge is -2.05. The number of aromatic hydroxyl groups is 1. The molecule has 0 aliphatic carbocycles. The van der Waals surface area contributed by atoms with E-state index in [0.717, 1.165) is 0 Å².